The van der Waals surface area contributed by atoms with E-state index in [-0.39, 0.29) is 0 Å². The minimum absolute atomic E-state index is 0.338. The minimum Gasteiger partial charge on any atom is -0.316 e. The Morgan fingerprint density at radius 3 is 2.67 bits per heavy atom. The normalized spacial score (nSPS) is 21.0. The first-order valence-electron chi connectivity index (χ1n) is 6.03. The van der Waals surface area contributed by atoms with Gasteiger partial charge in [0.2, 0.25) is 0 Å². The first-order valence-corrected chi connectivity index (χ1v) is 6.03. The summed E-state index contributed by atoms with van der Waals surface area (Å²) < 4.78 is 50.8. The Bertz CT molecular complexity index is 408. The lowest BCUT2D eigenvalue weighted by Gasteiger charge is -2.23. The van der Waals surface area contributed by atoms with Gasteiger partial charge in [0.05, 0.1) is 5.56 Å². The maximum atomic E-state index is 13.1. The molecule has 1 atom stereocenters. The van der Waals surface area contributed by atoms with Crippen LogP contribution in [-0.2, 0) is 12.6 Å². The van der Waals surface area contributed by atoms with E-state index < -0.39 is 17.6 Å². The molecule has 1 unspecified atom stereocenters. The van der Waals surface area contributed by atoms with Crippen LogP contribution in [0.25, 0.3) is 0 Å². The van der Waals surface area contributed by atoms with Gasteiger partial charge in [0.15, 0.2) is 0 Å². The zero-order chi connectivity index (χ0) is 13.2. The van der Waals surface area contributed by atoms with Crippen molar-refractivity contribution in [2.75, 3.05) is 13.1 Å². The largest absolute Gasteiger partial charge is 0.419 e. The predicted octanol–water partition coefficient (Wildman–Crippen LogP) is 3.39. The van der Waals surface area contributed by atoms with Crippen molar-refractivity contribution in [3.63, 3.8) is 0 Å². The SMILES string of the molecule is Fc1ccc(CC2CCCNC2)cc1C(F)(F)F. The summed E-state index contributed by atoms with van der Waals surface area (Å²) in [5.41, 5.74) is -0.610. The fourth-order valence-corrected chi connectivity index (χ4v) is 2.35. The van der Waals surface area contributed by atoms with Crippen molar-refractivity contribution < 1.29 is 17.6 Å². The van der Waals surface area contributed by atoms with Crippen LogP contribution in [0.2, 0.25) is 0 Å². The van der Waals surface area contributed by atoms with Crippen LogP contribution in [0.1, 0.15) is 24.0 Å². The van der Waals surface area contributed by atoms with Crippen molar-refractivity contribution >= 4 is 0 Å². The third-order valence-corrected chi connectivity index (χ3v) is 3.26. The van der Waals surface area contributed by atoms with Crippen molar-refractivity contribution in [1.82, 2.24) is 5.32 Å². The highest BCUT2D eigenvalue weighted by Gasteiger charge is 2.34. The van der Waals surface area contributed by atoms with E-state index in [0.717, 1.165) is 38.1 Å². The summed E-state index contributed by atoms with van der Waals surface area (Å²) in [4.78, 5) is 0. The van der Waals surface area contributed by atoms with Crippen LogP contribution in [0.3, 0.4) is 0 Å². The predicted molar refractivity (Wildman–Crippen MR) is 60.7 cm³/mol. The van der Waals surface area contributed by atoms with Crippen molar-refractivity contribution in [2.45, 2.75) is 25.4 Å². The zero-order valence-electron chi connectivity index (χ0n) is 9.86. The quantitative estimate of drug-likeness (QED) is 0.805. The summed E-state index contributed by atoms with van der Waals surface area (Å²) in [5.74, 6) is -0.863. The van der Waals surface area contributed by atoms with E-state index in [9.17, 15) is 17.6 Å². The van der Waals surface area contributed by atoms with E-state index in [1.54, 1.807) is 0 Å². The molecule has 2 rings (SSSR count). The fourth-order valence-electron chi connectivity index (χ4n) is 2.35. The summed E-state index contributed by atoms with van der Waals surface area (Å²) in [5, 5.41) is 3.22. The molecule has 0 saturated carbocycles. The van der Waals surface area contributed by atoms with Crippen LogP contribution in [0.4, 0.5) is 17.6 Å². The average Bonchev–Trinajstić information content (AvgIpc) is 2.31. The summed E-state index contributed by atoms with van der Waals surface area (Å²) in [6.07, 6.45) is -2.01. The monoisotopic (exact) mass is 261 g/mol. The molecule has 1 N–H and O–H groups in total. The molecule has 100 valence electrons. The van der Waals surface area contributed by atoms with Crippen molar-refractivity contribution in [3.05, 3.63) is 35.1 Å². The number of alkyl halides is 3. The molecule has 0 aliphatic carbocycles. The third kappa shape index (κ3) is 3.22. The van der Waals surface area contributed by atoms with Gasteiger partial charge in [-0.2, -0.15) is 13.2 Å². The molecule has 1 fully saturated rings. The first-order chi connectivity index (χ1) is 8.47. The molecule has 1 heterocycles. The van der Waals surface area contributed by atoms with E-state index in [1.807, 2.05) is 0 Å². The third-order valence-electron chi connectivity index (χ3n) is 3.26. The number of hydrogen-bond donors (Lipinski definition) is 1. The molecule has 1 saturated heterocycles. The zero-order valence-corrected chi connectivity index (χ0v) is 9.86. The molecule has 18 heavy (non-hydrogen) atoms. The number of nitrogens with one attached hydrogen (secondary N) is 1. The van der Waals surface area contributed by atoms with Gasteiger partial charge < -0.3 is 5.32 Å². The van der Waals surface area contributed by atoms with E-state index in [4.69, 9.17) is 0 Å². The van der Waals surface area contributed by atoms with Crippen molar-refractivity contribution in [2.24, 2.45) is 5.92 Å². The molecule has 1 aromatic carbocycles. The molecule has 0 aromatic heterocycles. The standard InChI is InChI=1S/C13H15F4N/c14-12-4-3-9(7-11(12)13(15,16)17)6-10-2-1-5-18-8-10/h3-4,7,10,18H,1-2,5-6,8H2. The molecule has 0 radical (unpaired) electrons. The van der Waals surface area contributed by atoms with Crippen LogP contribution in [0, 0.1) is 11.7 Å². The smallest absolute Gasteiger partial charge is 0.316 e. The van der Waals surface area contributed by atoms with Gasteiger partial charge in [-0.3, -0.25) is 0 Å². The Hall–Kier alpha value is -1.10. The fraction of sp³-hybridized carbons (Fsp3) is 0.538. The molecular weight excluding hydrogens is 246 g/mol. The highest BCUT2D eigenvalue weighted by molar-refractivity contribution is 5.27. The van der Waals surface area contributed by atoms with Gasteiger partial charge in [-0.25, -0.2) is 4.39 Å². The molecule has 0 amide bonds. The lowest BCUT2D eigenvalue weighted by molar-refractivity contribution is -0.140. The summed E-state index contributed by atoms with van der Waals surface area (Å²) in [7, 11) is 0. The van der Waals surface area contributed by atoms with Crippen molar-refractivity contribution in [1.29, 1.82) is 0 Å². The van der Waals surface area contributed by atoms with Crippen LogP contribution >= 0.6 is 0 Å². The van der Waals surface area contributed by atoms with Crippen LogP contribution in [-0.4, -0.2) is 13.1 Å². The Labute approximate surface area is 103 Å². The Kier molecular flexibility index (Phi) is 3.90. The molecule has 0 bridgehead atoms. The second kappa shape index (κ2) is 5.26. The van der Waals surface area contributed by atoms with Gasteiger partial charge >= 0.3 is 6.18 Å². The highest BCUT2D eigenvalue weighted by Crippen LogP contribution is 2.32. The number of hydrogen-bond acceptors (Lipinski definition) is 1. The van der Waals surface area contributed by atoms with Crippen LogP contribution in [0.15, 0.2) is 18.2 Å². The van der Waals surface area contributed by atoms with E-state index in [1.165, 1.54) is 6.07 Å². The first kappa shape index (κ1) is 13.3. The molecule has 1 aliphatic heterocycles. The molecule has 0 spiro atoms. The highest BCUT2D eigenvalue weighted by atomic mass is 19.4. The van der Waals surface area contributed by atoms with Crippen LogP contribution in [0.5, 0.6) is 0 Å². The van der Waals surface area contributed by atoms with E-state index in [2.05, 4.69) is 5.32 Å². The molecular formula is C13H15F4N. The number of benzene rings is 1. The van der Waals surface area contributed by atoms with E-state index >= 15 is 0 Å². The lowest BCUT2D eigenvalue weighted by Crippen LogP contribution is -2.30. The Morgan fingerprint density at radius 1 is 1.28 bits per heavy atom. The van der Waals surface area contributed by atoms with Gasteiger partial charge in [-0.05, 0) is 56.0 Å². The van der Waals surface area contributed by atoms with Crippen LogP contribution < -0.4 is 5.32 Å². The summed E-state index contributed by atoms with van der Waals surface area (Å²) >= 11 is 0. The molecule has 5 heteroatoms. The van der Waals surface area contributed by atoms with Gasteiger partial charge in [0, 0.05) is 0 Å². The topological polar surface area (TPSA) is 12.0 Å². The van der Waals surface area contributed by atoms with Gasteiger partial charge in [0.25, 0.3) is 0 Å². The number of piperidine rings is 1. The second-order valence-electron chi connectivity index (χ2n) is 4.73. The molecule has 1 nitrogen and oxygen atoms in total. The molecule has 1 aliphatic rings. The summed E-state index contributed by atoms with van der Waals surface area (Å²) in [6.45, 7) is 1.78. The number of rotatable bonds is 2. The number of halogens is 4. The maximum Gasteiger partial charge on any atom is 0.419 e. The Morgan fingerprint density at radius 2 is 2.06 bits per heavy atom. The van der Waals surface area contributed by atoms with Gasteiger partial charge in [-0.15, -0.1) is 0 Å². The van der Waals surface area contributed by atoms with E-state index in [0.29, 0.717) is 17.9 Å². The van der Waals surface area contributed by atoms with Crippen molar-refractivity contribution in [3.8, 4) is 0 Å². The van der Waals surface area contributed by atoms with Gasteiger partial charge in [0.1, 0.15) is 5.82 Å². The minimum atomic E-state index is -4.62. The van der Waals surface area contributed by atoms with Gasteiger partial charge in [-0.1, -0.05) is 6.07 Å². The summed E-state index contributed by atoms with van der Waals surface area (Å²) in [6, 6.07) is 3.29. The second-order valence-corrected chi connectivity index (χ2v) is 4.73. The molecule has 1 aromatic rings. The average molecular weight is 261 g/mol. The lowest BCUT2D eigenvalue weighted by atomic mass is 9.91. The maximum absolute atomic E-state index is 13.1. The Balaban J connectivity index is 2.14.